The molecule has 12 rings (SSSR count). The molecule has 3 fully saturated rings. The molecule has 3 aromatic heterocycles. The number of aromatic nitrogens is 5. The summed E-state index contributed by atoms with van der Waals surface area (Å²) in [7, 11) is 7.09. The van der Waals surface area contributed by atoms with Gasteiger partial charge in [0, 0.05) is 132 Å². The molecule has 1 saturated carbocycles. The third-order valence-corrected chi connectivity index (χ3v) is 28.9. The van der Waals surface area contributed by atoms with E-state index in [2.05, 4.69) is 88.1 Å². The van der Waals surface area contributed by atoms with Crippen molar-refractivity contribution in [2.24, 2.45) is 22.8 Å². The van der Waals surface area contributed by atoms with Crippen molar-refractivity contribution in [3.63, 3.8) is 0 Å². The number of methoxy groups -OCH3 is 2. The number of nitrogens with one attached hydrogen (secondary N) is 12. The van der Waals surface area contributed by atoms with Gasteiger partial charge in [-0.15, -0.1) is 0 Å². The van der Waals surface area contributed by atoms with Crippen LogP contribution in [0.5, 0.6) is 5.75 Å². The first-order chi connectivity index (χ1) is 63.6. The summed E-state index contributed by atoms with van der Waals surface area (Å²) in [5, 5.41) is 80.6. The van der Waals surface area contributed by atoms with Crippen LogP contribution in [0, 0.1) is 11.3 Å². The third kappa shape index (κ3) is 22.2. The van der Waals surface area contributed by atoms with Gasteiger partial charge in [-0.25, -0.2) is 29.8 Å². The molecule has 42 nitrogen and oxygen atoms in total. The summed E-state index contributed by atoms with van der Waals surface area (Å²) >= 11 is 0. The Hall–Kier alpha value is -11.8. The number of carbonyl (C=O) groups is 12. The molecule has 6 aromatic rings. The van der Waals surface area contributed by atoms with Gasteiger partial charge in [0.2, 0.25) is 41.4 Å². The number of nitrogen functional groups attached to an aromatic ring is 1. The number of piperidine rings is 1. The number of aliphatic hydroxyl groups excluding tert-OH is 1. The molecule has 15 atom stereocenters. The minimum absolute atomic E-state index is 0.0233. The summed E-state index contributed by atoms with van der Waals surface area (Å²) in [5.41, 5.74) is 19.1. The van der Waals surface area contributed by atoms with Crippen LogP contribution in [-0.2, 0) is 81.2 Å². The van der Waals surface area contributed by atoms with Crippen LogP contribution in [0.25, 0.3) is 22.1 Å². The number of ether oxygens (including phenoxy) is 3. The number of carbonyl (C=O) groups excluding carboxylic acids is 10. The molecule has 1 unspecified atom stereocenters. The summed E-state index contributed by atoms with van der Waals surface area (Å²) in [4.78, 5) is 199. The van der Waals surface area contributed by atoms with E-state index in [1.807, 2.05) is 67.3 Å². The maximum absolute atomic E-state index is 15.6. The fraction of sp³-hybridized carbons (Fsp3) is 0.551. The van der Waals surface area contributed by atoms with Crippen molar-refractivity contribution < 1.29 is 97.3 Å². The molecular weight excluding hydrogens is 1760 g/mol. The highest BCUT2D eigenvalue weighted by molar-refractivity contribution is 8.76. The molecule has 2 saturated heterocycles. The molecule has 133 heavy (non-hydrogen) atoms. The Labute approximate surface area is 774 Å². The standard InChI is InChI=1S/C89H121N21O21S2/c1-7-85(127)40-50-41-88(82(125)130-6,70-55(28-34-109(46-50)48-85)54-17-9-10-18-59(54)102-70)57-38-56-63(39-64(57)129-5)108(4)79-87(56)30-35-110-33-15-29-86(8-2,78(87)110)80(123)89(79,128)81(124)106-107-84(126)131-36-37-132-133-47-58(91)73(116)93-32-14-12-19-60(74(117)97-44-67(113)95-45-68(114)98-49(3)16-11-13-31-90)100-65(111)26-24-61(76(119)120)101-66(112)27-25-62(77(121)122)103-72(115)51-20-22-52(23-21-51)94-42-53-43-96-71-69(99-53)75(118)105-83(92)104-71/h9-10,15,17-18,20-23,29,38-39,43,49-50,58,60-62,78-80,94,102,123,127-128H,7-8,11-14,16,19,24-28,30-37,40-42,44-48,90-91H2,1-6H3,(H,93,116)(H,95,113)(H,97,117)(H,98,114)(H,100,111)(H,101,112)(H,103,115)(H,106,124)(H,107,126)(H,119,120)(H,121,122)(H3,92,96,104,105,118)/t49-,50-,58+,60+,61+,62+,78+,79-,80-,85+,86-,87-,88+,89-/m1/s1. The lowest BCUT2D eigenvalue weighted by molar-refractivity contribution is -0.204. The van der Waals surface area contributed by atoms with Crippen LogP contribution in [0.4, 0.5) is 22.1 Å². The molecule has 3 aromatic carbocycles. The molecule has 23 N–H and O–H groups in total. The predicted molar refractivity (Wildman–Crippen MR) is 493 cm³/mol. The van der Waals surface area contributed by atoms with E-state index in [1.54, 1.807) is 14.0 Å². The number of carboxylic acids is 2. The largest absolute Gasteiger partial charge is 0.496 e. The summed E-state index contributed by atoms with van der Waals surface area (Å²) in [6, 6.07) is 10.1. The number of H-pyrrole nitrogens is 2. The number of rotatable bonds is 43. The van der Waals surface area contributed by atoms with Gasteiger partial charge in [0.25, 0.3) is 17.4 Å². The SMILES string of the molecule is CC[C@]1(O)C[C@H]2CN(CCc3c([nH]c4ccccc34)[C@@](C(=O)OC)(c3cc4c(cc3OC)N(C)[C@H]3[C@](O)(C(=O)NNC(=O)OCCSSC[C@H](N)C(=O)NCCCC[C@H](NC(=O)CC[C@H](NC(=O)CC[C@H](NC(=O)c5ccc(NCc6cnc7nc(N)[nH]c(=O)c7n6)cc5)C(=O)O)C(=O)O)C(=O)NCC(=O)NCC(=O)N[C@H](C)CCCCN)[C@H](O)[C@]5(CC)C=CCN6CC[C@]43[C@@H]65)C2)C1. The lowest BCUT2D eigenvalue weighted by atomic mass is 9.47. The van der Waals surface area contributed by atoms with Crippen molar-refractivity contribution in [2.45, 2.75) is 200 Å². The number of benzene rings is 3. The molecular formula is C89H121N21O21S2. The van der Waals surface area contributed by atoms with E-state index in [4.69, 9.17) is 31.4 Å². The Balaban J connectivity index is 0.614. The maximum Gasteiger partial charge on any atom is 0.426 e. The van der Waals surface area contributed by atoms with Crippen molar-refractivity contribution >= 4 is 132 Å². The van der Waals surface area contributed by atoms with Gasteiger partial charge in [0.05, 0.1) is 63.4 Å². The number of carboxylic acid groups (broad SMARTS) is 2. The van der Waals surface area contributed by atoms with E-state index >= 15 is 9.59 Å². The average Bonchev–Trinajstić information content (AvgIpc) is 1.48. The Morgan fingerprint density at radius 1 is 0.752 bits per heavy atom. The second-order valence-corrected chi connectivity index (χ2v) is 37.7. The molecule has 6 aliphatic rings. The summed E-state index contributed by atoms with van der Waals surface area (Å²) in [6.45, 7) is 7.86. The Morgan fingerprint density at radius 3 is 2.17 bits per heavy atom. The predicted octanol–water partition coefficient (Wildman–Crippen LogP) is 0.584. The van der Waals surface area contributed by atoms with Crippen molar-refractivity contribution in [3.8, 4) is 5.75 Å². The number of aromatic amines is 2. The van der Waals surface area contributed by atoms with Crippen LogP contribution in [0.2, 0.25) is 0 Å². The summed E-state index contributed by atoms with van der Waals surface area (Å²) in [6.07, 6.45) is 5.18. The van der Waals surface area contributed by atoms with Crippen LogP contribution in [-0.4, -0.2) is 289 Å². The number of hydrogen-bond acceptors (Lipinski definition) is 31. The minimum Gasteiger partial charge on any atom is -0.496 e. The molecule has 8 heterocycles. The highest BCUT2D eigenvalue weighted by atomic mass is 33.1. The van der Waals surface area contributed by atoms with Gasteiger partial charge in [-0.3, -0.25) is 68.2 Å². The number of nitrogens with zero attached hydrogens (tertiary/aromatic N) is 6. The van der Waals surface area contributed by atoms with E-state index in [-0.39, 0.29) is 97.9 Å². The zero-order valence-electron chi connectivity index (χ0n) is 75.2. The molecule has 1 spiro atoms. The maximum atomic E-state index is 15.6. The molecule has 2 bridgehead atoms. The first-order valence-corrected chi connectivity index (χ1v) is 47.3. The summed E-state index contributed by atoms with van der Waals surface area (Å²) in [5.74, 6) is -9.59. The molecule has 9 amide bonds. The Morgan fingerprint density at radius 2 is 1.47 bits per heavy atom. The van der Waals surface area contributed by atoms with Crippen LogP contribution in [0.3, 0.4) is 0 Å². The number of aliphatic carboxylic acids is 2. The molecule has 44 heteroatoms. The van der Waals surface area contributed by atoms with Gasteiger partial charge in [-0.2, -0.15) is 4.98 Å². The number of nitrogens with two attached hydrogens (primary N) is 3. The number of para-hydroxylation sites is 1. The number of likely N-dealkylation sites (N-methyl/N-ethyl adjacent to an activating group) is 1. The highest BCUT2D eigenvalue weighted by Crippen LogP contribution is 2.68. The number of esters is 1. The Kier molecular flexibility index (Phi) is 33.1. The first kappa shape index (κ1) is 100. The number of hydrazine groups is 1. The second-order valence-electron chi connectivity index (χ2n) is 35.0. The number of unbranched alkanes of at least 4 members (excludes halogenated alkanes) is 2. The van der Waals surface area contributed by atoms with E-state index < -0.39 is 185 Å². The van der Waals surface area contributed by atoms with Gasteiger partial charge >= 0.3 is 24.0 Å². The van der Waals surface area contributed by atoms with Crippen LogP contribution >= 0.6 is 21.6 Å². The number of fused-ring (bicyclic) bond motifs is 7. The van der Waals surface area contributed by atoms with E-state index in [0.29, 0.717) is 105 Å². The van der Waals surface area contributed by atoms with Gasteiger partial charge in [0.1, 0.15) is 42.0 Å². The molecule has 0 radical (unpaired) electrons. The normalized spacial score (nSPS) is 23.7. The van der Waals surface area contributed by atoms with Crippen LogP contribution in [0.15, 0.2) is 83.8 Å². The van der Waals surface area contributed by atoms with Gasteiger partial charge in [-0.1, -0.05) is 72.2 Å². The zero-order chi connectivity index (χ0) is 95.9. The van der Waals surface area contributed by atoms with Crippen molar-refractivity contribution in [1.29, 1.82) is 0 Å². The van der Waals surface area contributed by atoms with E-state index in [1.165, 1.54) is 66.3 Å². The lowest BCUT2D eigenvalue weighted by Gasteiger charge is -2.63. The molecule has 720 valence electrons. The molecule has 5 aliphatic heterocycles. The third-order valence-electron chi connectivity index (χ3n) is 26.5. The summed E-state index contributed by atoms with van der Waals surface area (Å²) < 4.78 is 17.9. The number of anilines is 3. The Bertz CT molecular complexity index is 5400. The van der Waals surface area contributed by atoms with Crippen LogP contribution in [0.1, 0.15) is 156 Å². The van der Waals surface area contributed by atoms with E-state index in [0.717, 1.165) is 34.9 Å². The fourth-order valence-electron chi connectivity index (χ4n) is 20.1. The zero-order valence-corrected chi connectivity index (χ0v) is 76.8. The number of hydrogen-bond donors (Lipinski definition) is 20. The lowest BCUT2D eigenvalue weighted by Crippen LogP contribution is -2.82. The van der Waals surface area contributed by atoms with Gasteiger partial charge < -0.3 is 109 Å². The van der Waals surface area contributed by atoms with Crippen molar-refractivity contribution in [1.82, 2.24) is 82.8 Å². The second kappa shape index (κ2) is 43.9. The monoisotopic (exact) mass is 1880 g/mol. The van der Waals surface area contributed by atoms with Gasteiger partial charge in [0.15, 0.2) is 16.8 Å². The first-order valence-electron chi connectivity index (χ1n) is 44.8. The smallest absolute Gasteiger partial charge is 0.426 e. The average molecular weight is 1890 g/mol. The van der Waals surface area contributed by atoms with E-state index in [9.17, 15) is 78.3 Å². The topological polar surface area (TPSA) is 629 Å². The highest BCUT2D eigenvalue weighted by Gasteiger charge is 2.79. The molecule has 1 aliphatic carbocycles. The van der Waals surface area contributed by atoms with Gasteiger partial charge in [-0.05, 0) is 157 Å². The number of amides is 9. The number of aliphatic hydroxyl groups is 3. The van der Waals surface area contributed by atoms with Crippen LogP contribution < -0.4 is 85.8 Å². The van der Waals surface area contributed by atoms with Crippen molar-refractivity contribution in [3.05, 3.63) is 123 Å². The fourth-order valence-corrected chi connectivity index (χ4v) is 22.1. The minimum atomic E-state index is -2.66. The van der Waals surface area contributed by atoms with Crippen molar-refractivity contribution in [2.75, 3.05) is 114 Å². The quantitative estimate of drug-likeness (QED) is 0.00818.